The Kier molecular flexibility index (Phi) is 7.24. The van der Waals surface area contributed by atoms with Crippen LogP contribution in [-0.4, -0.2) is 17.3 Å². The maximum absolute atomic E-state index is 10.7. The molecular weight excluding hydrogens is 320 g/mol. The maximum Gasteiger partial charge on any atom is 0.0693 e. The highest BCUT2D eigenvalue weighted by atomic mass is 16.3. The minimum absolute atomic E-state index is 0.0148. The molecule has 4 atom stereocenters. The lowest BCUT2D eigenvalue weighted by molar-refractivity contribution is 0.103. The van der Waals surface area contributed by atoms with Crippen molar-refractivity contribution in [1.29, 1.82) is 0 Å². The van der Waals surface area contributed by atoms with Gasteiger partial charge in [-0.15, -0.1) is 0 Å². The van der Waals surface area contributed by atoms with E-state index in [-0.39, 0.29) is 24.2 Å². The summed E-state index contributed by atoms with van der Waals surface area (Å²) >= 11 is 0. The normalized spacial score (nSPS) is 24.1. The van der Waals surface area contributed by atoms with E-state index in [2.05, 4.69) is 41.7 Å². The molecule has 3 heteroatoms. The largest absolute Gasteiger partial charge is 0.392 e. The van der Waals surface area contributed by atoms with Gasteiger partial charge in [-0.1, -0.05) is 92.8 Å². The summed E-state index contributed by atoms with van der Waals surface area (Å²) in [6.07, 6.45) is 7.62. The number of aliphatic hydroxyl groups excluding tert-OH is 1. The molecule has 0 amide bonds. The maximum atomic E-state index is 10.7. The molecule has 2 aromatic carbocycles. The Hall–Kier alpha value is -1.68. The molecule has 0 aromatic heterocycles. The van der Waals surface area contributed by atoms with Crippen LogP contribution in [0.15, 0.2) is 60.7 Å². The van der Waals surface area contributed by atoms with Gasteiger partial charge in [-0.3, -0.25) is 0 Å². The fraction of sp³-hybridized carbons (Fsp3) is 0.478. The monoisotopic (exact) mass is 352 g/mol. The van der Waals surface area contributed by atoms with Crippen molar-refractivity contribution in [3.05, 3.63) is 71.8 Å². The molecule has 1 aliphatic carbocycles. The molecule has 4 N–H and O–H groups in total. The van der Waals surface area contributed by atoms with Gasteiger partial charge in [0.15, 0.2) is 0 Å². The molecule has 2 aromatic rings. The van der Waals surface area contributed by atoms with Crippen LogP contribution in [0.5, 0.6) is 0 Å². The summed E-state index contributed by atoms with van der Waals surface area (Å²) in [6, 6.07) is 20.6. The first-order valence-corrected chi connectivity index (χ1v) is 10.1. The summed E-state index contributed by atoms with van der Waals surface area (Å²) in [4.78, 5) is 0. The topological polar surface area (TPSA) is 58.3 Å². The van der Waals surface area contributed by atoms with E-state index in [1.807, 2.05) is 24.3 Å². The van der Waals surface area contributed by atoms with Crippen molar-refractivity contribution in [2.75, 3.05) is 0 Å². The van der Waals surface area contributed by atoms with Gasteiger partial charge in [-0.25, -0.2) is 0 Å². The molecule has 0 bridgehead atoms. The molecule has 1 fully saturated rings. The summed E-state index contributed by atoms with van der Waals surface area (Å²) in [7, 11) is 0. The van der Waals surface area contributed by atoms with Gasteiger partial charge < -0.3 is 16.2 Å². The number of benzene rings is 2. The fourth-order valence-electron chi connectivity index (χ4n) is 4.00. The third kappa shape index (κ3) is 5.16. The molecule has 0 radical (unpaired) electrons. The molecule has 140 valence electrons. The number of rotatable bonds is 5. The van der Waals surface area contributed by atoms with Crippen LogP contribution in [0.3, 0.4) is 0 Å². The average Bonchev–Trinajstić information content (AvgIpc) is 2.79. The number of hydrogen-bond acceptors (Lipinski definition) is 3. The first-order valence-electron chi connectivity index (χ1n) is 10.1. The molecule has 0 saturated heterocycles. The lowest BCUT2D eigenvalue weighted by atomic mass is 9.91. The number of nitrogens with two attached hydrogens (primary N) is 1. The molecule has 1 aliphatic rings. The standard InChI is InChI=1S/C23H32N2O/c24-22(18-12-6-4-7-13-18)23(19-14-8-5-9-15-19)25-20-16-10-2-1-3-11-17-21(20)26/h4-9,12-15,20-23,25-26H,1-3,10-11,16-17,24H2/t20?,21?,22-,23-/m0/s1. The van der Waals surface area contributed by atoms with Crippen molar-refractivity contribution in [3.63, 3.8) is 0 Å². The zero-order valence-electron chi connectivity index (χ0n) is 15.6. The summed E-state index contributed by atoms with van der Waals surface area (Å²) in [5.74, 6) is 0. The van der Waals surface area contributed by atoms with Gasteiger partial charge in [0.25, 0.3) is 0 Å². The number of hydrogen-bond donors (Lipinski definition) is 3. The Morgan fingerprint density at radius 2 is 1.31 bits per heavy atom. The molecule has 26 heavy (non-hydrogen) atoms. The van der Waals surface area contributed by atoms with Crippen LogP contribution in [-0.2, 0) is 0 Å². The van der Waals surface area contributed by atoms with Crippen LogP contribution < -0.4 is 11.1 Å². The van der Waals surface area contributed by atoms with Crippen LogP contribution in [0.1, 0.15) is 68.2 Å². The summed E-state index contributed by atoms with van der Waals surface area (Å²) < 4.78 is 0. The smallest absolute Gasteiger partial charge is 0.0693 e. The van der Waals surface area contributed by atoms with Crippen LogP contribution in [0.2, 0.25) is 0 Å². The molecular formula is C23H32N2O. The third-order valence-electron chi connectivity index (χ3n) is 5.58. The van der Waals surface area contributed by atoms with Crippen molar-refractivity contribution < 1.29 is 5.11 Å². The van der Waals surface area contributed by atoms with Crippen LogP contribution in [0.4, 0.5) is 0 Å². The van der Waals surface area contributed by atoms with E-state index in [9.17, 15) is 5.11 Å². The first kappa shape index (κ1) is 19.1. The summed E-state index contributed by atoms with van der Waals surface area (Å²) in [5, 5.41) is 14.5. The second kappa shape index (κ2) is 9.86. The Bertz CT molecular complexity index is 631. The lowest BCUT2D eigenvalue weighted by Crippen LogP contribution is -2.45. The van der Waals surface area contributed by atoms with Gasteiger partial charge in [0, 0.05) is 12.1 Å². The molecule has 0 heterocycles. The zero-order chi connectivity index (χ0) is 18.2. The van der Waals surface area contributed by atoms with E-state index in [0.29, 0.717) is 0 Å². The van der Waals surface area contributed by atoms with E-state index < -0.39 is 0 Å². The Morgan fingerprint density at radius 3 is 1.96 bits per heavy atom. The molecule has 0 spiro atoms. The zero-order valence-corrected chi connectivity index (χ0v) is 15.6. The van der Waals surface area contributed by atoms with Crippen LogP contribution >= 0.6 is 0 Å². The van der Waals surface area contributed by atoms with E-state index in [1.165, 1.54) is 24.8 Å². The number of aliphatic hydroxyl groups is 1. The van der Waals surface area contributed by atoms with Gasteiger partial charge in [0.2, 0.25) is 0 Å². The highest BCUT2D eigenvalue weighted by molar-refractivity contribution is 5.27. The fourth-order valence-corrected chi connectivity index (χ4v) is 4.00. The van der Waals surface area contributed by atoms with Crippen molar-refractivity contribution in [2.45, 2.75) is 69.2 Å². The Morgan fingerprint density at radius 1 is 0.769 bits per heavy atom. The Labute approximate surface area is 157 Å². The predicted octanol–water partition coefficient (Wildman–Crippen LogP) is 4.49. The van der Waals surface area contributed by atoms with Gasteiger partial charge in [-0.2, -0.15) is 0 Å². The van der Waals surface area contributed by atoms with Crippen LogP contribution in [0.25, 0.3) is 0 Å². The van der Waals surface area contributed by atoms with Gasteiger partial charge in [0.05, 0.1) is 12.1 Å². The quantitative estimate of drug-likeness (QED) is 0.743. The SMILES string of the molecule is N[C@@H](c1ccccc1)[C@@H](NC1CCCCCCCC1O)c1ccccc1. The summed E-state index contributed by atoms with van der Waals surface area (Å²) in [5.41, 5.74) is 8.98. The minimum atomic E-state index is -0.303. The van der Waals surface area contributed by atoms with Gasteiger partial charge >= 0.3 is 0 Å². The molecule has 2 unspecified atom stereocenters. The lowest BCUT2D eigenvalue weighted by Gasteiger charge is -2.33. The molecule has 0 aliphatic heterocycles. The van der Waals surface area contributed by atoms with Gasteiger partial charge in [0.1, 0.15) is 0 Å². The van der Waals surface area contributed by atoms with E-state index in [0.717, 1.165) is 31.2 Å². The Balaban J connectivity index is 1.82. The van der Waals surface area contributed by atoms with E-state index in [1.54, 1.807) is 0 Å². The molecule has 3 nitrogen and oxygen atoms in total. The second-order valence-electron chi connectivity index (χ2n) is 7.51. The highest BCUT2D eigenvalue weighted by Crippen LogP contribution is 2.29. The van der Waals surface area contributed by atoms with E-state index in [4.69, 9.17) is 5.73 Å². The van der Waals surface area contributed by atoms with Crippen molar-refractivity contribution in [3.8, 4) is 0 Å². The minimum Gasteiger partial charge on any atom is -0.392 e. The molecule has 3 rings (SSSR count). The predicted molar refractivity (Wildman–Crippen MR) is 108 cm³/mol. The third-order valence-corrected chi connectivity index (χ3v) is 5.58. The van der Waals surface area contributed by atoms with Crippen molar-refractivity contribution >= 4 is 0 Å². The summed E-state index contributed by atoms with van der Waals surface area (Å²) in [6.45, 7) is 0. The average molecular weight is 353 g/mol. The van der Waals surface area contributed by atoms with Gasteiger partial charge in [-0.05, 0) is 24.0 Å². The second-order valence-corrected chi connectivity index (χ2v) is 7.51. The first-order chi connectivity index (χ1) is 12.8. The van der Waals surface area contributed by atoms with Crippen LogP contribution in [0, 0.1) is 0 Å². The number of nitrogens with one attached hydrogen (secondary N) is 1. The van der Waals surface area contributed by atoms with Crippen molar-refractivity contribution in [2.24, 2.45) is 5.73 Å². The highest BCUT2D eigenvalue weighted by Gasteiger charge is 2.27. The van der Waals surface area contributed by atoms with Crippen molar-refractivity contribution in [1.82, 2.24) is 5.32 Å². The van der Waals surface area contributed by atoms with E-state index >= 15 is 0 Å². The molecule has 1 saturated carbocycles.